The quantitative estimate of drug-likeness (QED) is 0.785. The number of benzene rings is 2. The highest BCUT2D eigenvalue weighted by molar-refractivity contribution is 8.00. The van der Waals surface area contributed by atoms with Crippen LogP contribution < -0.4 is 5.32 Å². The summed E-state index contributed by atoms with van der Waals surface area (Å²) in [5.41, 5.74) is 2.27. The molecule has 1 nitrogen and oxygen atoms in total. The van der Waals surface area contributed by atoms with Gasteiger partial charge < -0.3 is 5.32 Å². The molecule has 1 fully saturated rings. The van der Waals surface area contributed by atoms with E-state index in [9.17, 15) is 4.39 Å². The van der Waals surface area contributed by atoms with E-state index in [2.05, 4.69) is 29.6 Å². The highest BCUT2D eigenvalue weighted by Crippen LogP contribution is 2.38. The van der Waals surface area contributed by atoms with Crippen molar-refractivity contribution in [1.82, 2.24) is 0 Å². The van der Waals surface area contributed by atoms with Crippen LogP contribution in [0.1, 0.15) is 31.2 Å². The van der Waals surface area contributed by atoms with Crippen molar-refractivity contribution in [2.75, 3.05) is 5.32 Å². The van der Waals surface area contributed by atoms with Crippen LogP contribution in [0.2, 0.25) is 0 Å². The van der Waals surface area contributed by atoms with E-state index in [1.54, 1.807) is 0 Å². The second kappa shape index (κ2) is 6.99. The highest BCUT2D eigenvalue weighted by atomic mass is 32.2. The number of rotatable bonds is 5. The van der Waals surface area contributed by atoms with Gasteiger partial charge in [-0.15, -0.1) is 11.8 Å². The third-order valence-electron chi connectivity index (χ3n) is 3.88. The van der Waals surface area contributed by atoms with Crippen molar-refractivity contribution >= 4 is 17.4 Å². The van der Waals surface area contributed by atoms with Crippen molar-refractivity contribution in [2.45, 2.75) is 42.4 Å². The Hall–Kier alpha value is -1.48. The fourth-order valence-corrected chi connectivity index (χ4v) is 4.05. The van der Waals surface area contributed by atoms with Crippen LogP contribution in [0.3, 0.4) is 0 Å². The maximum Gasteiger partial charge on any atom is 0.123 e. The average molecular weight is 301 g/mol. The van der Waals surface area contributed by atoms with Crippen LogP contribution in [-0.4, -0.2) is 5.25 Å². The maximum atomic E-state index is 12.9. The van der Waals surface area contributed by atoms with Gasteiger partial charge >= 0.3 is 0 Å². The molecule has 0 bridgehead atoms. The van der Waals surface area contributed by atoms with Crippen molar-refractivity contribution in [3.8, 4) is 0 Å². The lowest BCUT2D eigenvalue weighted by molar-refractivity contribution is 0.627. The van der Waals surface area contributed by atoms with E-state index in [0.717, 1.165) is 17.4 Å². The predicted molar refractivity (Wildman–Crippen MR) is 88.3 cm³/mol. The van der Waals surface area contributed by atoms with Gasteiger partial charge in [0.2, 0.25) is 0 Å². The van der Waals surface area contributed by atoms with Crippen LogP contribution >= 0.6 is 11.8 Å². The number of halogens is 1. The largest absolute Gasteiger partial charge is 0.380 e. The summed E-state index contributed by atoms with van der Waals surface area (Å²) in [7, 11) is 0. The van der Waals surface area contributed by atoms with Gasteiger partial charge in [0, 0.05) is 22.4 Å². The summed E-state index contributed by atoms with van der Waals surface area (Å²) in [6.45, 7) is 0.725. The fraction of sp³-hybridized carbons (Fsp3) is 0.333. The highest BCUT2D eigenvalue weighted by Gasteiger charge is 2.17. The van der Waals surface area contributed by atoms with Gasteiger partial charge in [0.15, 0.2) is 0 Å². The SMILES string of the molecule is Fc1ccc(CNc2ccccc2SC2CCCC2)cc1. The molecule has 0 atom stereocenters. The number of hydrogen-bond donors (Lipinski definition) is 1. The molecule has 1 N–H and O–H groups in total. The Morgan fingerprint density at radius 1 is 1.00 bits per heavy atom. The summed E-state index contributed by atoms with van der Waals surface area (Å²) in [5, 5.41) is 4.24. The molecule has 0 spiro atoms. The van der Waals surface area contributed by atoms with Gasteiger partial charge in [-0.3, -0.25) is 0 Å². The second-order valence-corrected chi connectivity index (χ2v) is 6.84. The Morgan fingerprint density at radius 2 is 1.71 bits per heavy atom. The Balaban J connectivity index is 1.65. The zero-order chi connectivity index (χ0) is 14.5. The standard InChI is InChI=1S/C18H20FNS/c19-15-11-9-14(10-12-15)13-20-17-7-3-4-8-18(17)21-16-5-1-2-6-16/h3-4,7-12,16,20H,1-2,5-6,13H2. The summed E-state index contributed by atoms with van der Waals surface area (Å²) in [6.07, 6.45) is 5.39. The van der Waals surface area contributed by atoms with E-state index in [4.69, 9.17) is 0 Å². The van der Waals surface area contributed by atoms with Gasteiger partial charge in [0.25, 0.3) is 0 Å². The van der Waals surface area contributed by atoms with E-state index in [0.29, 0.717) is 0 Å². The number of thioether (sulfide) groups is 1. The lowest BCUT2D eigenvalue weighted by Crippen LogP contribution is -2.02. The van der Waals surface area contributed by atoms with E-state index in [1.807, 2.05) is 23.9 Å². The van der Waals surface area contributed by atoms with E-state index < -0.39 is 0 Å². The van der Waals surface area contributed by atoms with Gasteiger partial charge in [-0.05, 0) is 42.7 Å². The molecule has 3 heteroatoms. The third kappa shape index (κ3) is 4.01. The van der Waals surface area contributed by atoms with Crippen LogP contribution in [-0.2, 0) is 6.54 Å². The summed E-state index contributed by atoms with van der Waals surface area (Å²) >= 11 is 1.99. The van der Waals surface area contributed by atoms with Gasteiger partial charge in [-0.25, -0.2) is 4.39 Å². The van der Waals surface area contributed by atoms with Crippen molar-refractivity contribution in [3.05, 3.63) is 59.9 Å². The third-order valence-corrected chi connectivity index (χ3v) is 5.29. The first-order valence-electron chi connectivity index (χ1n) is 7.55. The zero-order valence-corrected chi connectivity index (χ0v) is 12.8. The maximum absolute atomic E-state index is 12.9. The molecule has 1 saturated carbocycles. The Labute approximate surface area is 130 Å². The number of para-hydroxylation sites is 1. The summed E-state index contributed by atoms with van der Waals surface area (Å²) in [6, 6.07) is 15.2. The molecular formula is C18H20FNS. The smallest absolute Gasteiger partial charge is 0.123 e. The van der Waals surface area contributed by atoms with Gasteiger partial charge in [-0.1, -0.05) is 37.1 Å². The Morgan fingerprint density at radius 3 is 2.48 bits per heavy atom. The minimum Gasteiger partial charge on any atom is -0.380 e. The molecule has 0 aromatic heterocycles. The summed E-state index contributed by atoms with van der Waals surface area (Å²) in [4.78, 5) is 1.33. The molecular weight excluding hydrogens is 281 g/mol. The normalized spacial score (nSPS) is 15.3. The predicted octanol–water partition coefficient (Wildman–Crippen LogP) is 5.47. The lowest BCUT2D eigenvalue weighted by Gasteiger charge is -2.14. The molecule has 0 heterocycles. The molecule has 3 rings (SSSR count). The zero-order valence-electron chi connectivity index (χ0n) is 12.0. The molecule has 110 valence electrons. The molecule has 2 aromatic rings. The van der Waals surface area contributed by atoms with Crippen LogP contribution in [0.15, 0.2) is 53.4 Å². The van der Waals surface area contributed by atoms with Gasteiger partial charge in [-0.2, -0.15) is 0 Å². The molecule has 0 amide bonds. The van der Waals surface area contributed by atoms with Crippen LogP contribution in [0, 0.1) is 5.82 Å². The monoisotopic (exact) mass is 301 g/mol. The molecule has 21 heavy (non-hydrogen) atoms. The van der Waals surface area contributed by atoms with Crippen molar-refractivity contribution < 1.29 is 4.39 Å². The van der Waals surface area contributed by atoms with E-state index >= 15 is 0 Å². The van der Waals surface area contributed by atoms with E-state index in [1.165, 1.54) is 48.4 Å². The molecule has 2 aromatic carbocycles. The minimum atomic E-state index is -0.184. The number of nitrogens with one attached hydrogen (secondary N) is 1. The fourth-order valence-electron chi connectivity index (χ4n) is 2.70. The van der Waals surface area contributed by atoms with Crippen molar-refractivity contribution in [3.63, 3.8) is 0 Å². The first-order valence-corrected chi connectivity index (χ1v) is 8.43. The minimum absolute atomic E-state index is 0.184. The van der Waals surface area contributed by atoms with E-state index in [-0.39, 0.29) is 5.82 Å². The lowest BCUT2D eigenvalue weighted by atomic mass is 10.2. The number of anilines is 1. The first kappa shape index (κ1) is 14.5. The first-order chi connectivity index (χ1) is 10.3. The summed E-state index contributed by atoms with van der Waals surface area (Å²) in [5.74, 6) is -0.184. The molecule has 0 aliphatic heterocycles. The number of hydrogen-bond acceptors (Lipinski definition) is 2. The Bertz CT molecular complexity index is 576. The van der Waals surface area contributed by atoms with Gasteiger partial charge in [0.1, 0.15) is 5.82 Å². The van der Waals surface area contributed by atoms with Crippen molar-refractivity contribution in [1.29, 1.82) is 0 Å². The van der Waals surface area contributed by atoms with Crippen LogP contribution in [0.5, 0.6) is 0 Å². The Kier molecular flexibility index (Phi) is 4.81. The van der Waals surface area contributed by atoms with Crippen LogP contribution in [0.25, 0.3) is 0 Å². The molecule has 1 aliphatic rings. The molecule has 0 saturated heterocycles. The van der Waals surface area contributed by atoms with Crippen LogP contribution in [0.4, 0.5) is 10.1 Å². The average Bonchev–Trinajstić information content (AvgIpc) is 3.01. The topological polar surface area (TPSA) is 12.0 Å². The molecule has 0 radical (unpaired) electrons. The summed E-state index contributed by atoms with van der Waals surface area (Å²) < 4.78 is 12.9. The second-order valence-electron chi connectivity index (χ2n) is 5.50. The molecule has 0 unspecified atom stereocenters. The van der Waals surface area contributed by atoms with Gasteiger partial charge in [0.05, 0.1) is 0 Å². The molecule has 1 aliphatic carbocycles. The van der Waals surface area contributed by atoms with Crippen molar-refractivity contribution in [2.24, 2.45) is 0 Å².